The molecule has 0 aliphatic heterocycles. The predicted molar refractivity (Wildman–Crippen MR) is 98.8 cm³/mol. The molecular formula is C20H23N3O5. The Morgan fingerprint density at radius 3 is 2.64 bits per heavy atom. The molecule has 1 aliphatic carbocycles. The number of benzene rings is 1. The maximum absolute atomic E-state index is 12.7. The van der Waals surface area contributed by atoms with Gasteiger partial charge in [0.2, 0.25) is 5.91 Å². The number of hydrogen-bond acceptors (Lipinski definition) is 5. The number of carboxylic acids is 1. The normalized spacial score (nSPS) is 14.7. The molecule has 0 heterocycles. The molecule has 2 N–H and O–H groups in total. The number of amides is 2. The molecule has 0 bridgehead atoms. The van der Waals surface area contributed by atoms with Crippen LogP contribution in [-0.2, 0) is 14.4 Å². The number of carboxylic acid groups (broad SMARTS) is 1. The molecule has 2 rings (SSSR count). The lowest BCUT2D eigenvalue weighted by Gasteiger charge is -2.28. The van der Waals surface area contributed by atoms with E-state index in [1.807, 2.05) is 6.07 Å². The minimum atomic E-state index is -1.31. The van der Waals surface area contributed by atoms with E-state index in [2.05, 4.69) is 5.43 Å². The number of nitrogens with zero attached hydrogens (tertiary/aromatic N) is 2. The first kappa shape index (κ1) is 21.1. The van der Waals surface area contributed by atoms with Crippen LogP contribution in [0.4, 0.5) is 0 Å². The summed E-state index contributed by atoms with van der Waals surface area (Å²) < 4.78 is 0. The molecule has 8 nitrogen and oxygen atoms in total. The van der Waals surface area contributed by atoms with Crippen molar-refractivity contribution in [2.45, 2.75) is 51.0 Å². The fourth-order valence-electron chi connectivity index (χ4n) is 3.36. The van der Waals surface area contributed by atoms with Crippen molar-refractivity contribution < 1.29 is 24.3 Å². The lowest BCUT2D eigenvalue weighted by atomic mass is 10.0. The van der Waals surface area contributed by atoms with E-state index in [1.165, 1.54) is 24.3 Å². The van der Waals surface area contributed by atoms with Crippen LogP contribution in [0.5, 0.6) is 0 Å². The Bertz CT molecular complexity index is 780. The Hall–Kier alpha value is -3.21. The van der Waals surface area contributed by atoms with Gasteiger partial charge in [-0.15, -0.1) is 0 Å². The van der Waals surface area contributed by atoms with E-state index in [0.29, 0.717) is 18.6 Å². The van der Waals surface area contributed by atoms with Gasteiger partial charge in [-0.25, -0.2) is 5.01 Å². The number of aliphatic carboxylic acids is 1. The van der Waals surface area contributed by atoms with Crippen LogP contribution in [0.1, 0.15) is 60.9 Å². The average molecular weight is 385 g/mol. The minimum absolute atomic E-state index is 0.118. The summed E-state index contributed by atoms with van der Waals surface area (Å²) >= 11 is 0. The summed E-state index contributed by atoms with van der Waals surface area (Å²) in [6.45, 7) is 0. The third kappa shape index (κ3) is 5.91. The SMILES string of the molecule is N#Cc1cccc(C(=O)NN(C(=O)CCC2CCCC2)[C@H](C=O)CC(=O)O)c1. The highest BCUT2D eigenvalue weighted by atomic mass is 16.4. The van der Waals surface area contributed by atoms with Gasteiger partial charge in [0.05, 0.1) is 18.1 Å². The first-order valence-electron chi connectivity index (χ1n) is 9.25. The highest BCUT2D eigenvalue weighted by Crippen LogP contribution is 2.28. The van der Waals surface area contributed by atoms with Crippen molar-refractivity contribution in [1.82, 2.24) is 10.4 Å². The fourth-order valence-corrected chi connectivity index (χ4v) is 3.36. The van der Waals surface area contributed by atoms with E-state index >= 15 is 0 Å². The number of nitriles is 1. The maximum atomic E-state index is 12.7. The number of carbonyl (C=O) groups is 4. The predicted octanol–water partition coefficient (Wildman–Crippen LogP) is 2.04. The zero-order valence-corrected chi connectivity index (χ0v) is 15.5. The van der Waals surface area contributed by atoms with Crippen molar-refractivity contribution >= 4 is 24.1 Å². The Morgan fingerprint density at radius 2 is 2.04 bits per heavy atom. The van der Waals surface area contributed by atoms with Gasteiger partial charge in [0, 0.05) is 12.0 Å². The second-order valence-electron chi connectivity index (χ2n) is 6.89. The summed E-state index contributed by atoms with van der Waals surface area (Å²) in [5.74, 6) is -2.02. The summed E-state index contributed by atoms with van der Waals surface area (Å²) in [6, 6.07) is 6.47. The second kappa shape index (κ2) is 10.2. The number of aldehydes is 1. The molecule has 1 saturated carbocycles. The Kier molecular flexibility index (Phi) is 7.69. The maximum Gasteiger partial charge on any atom is 0.305 e. The highest BCUT2D eigenvalue weighted by molar-refractivity contribution is 5.96. The Morgan fingerprint density at radius 1 is 1.32 bits per heavy atom. The third-order valence-corrected chi connectivity index (χ3v) is 4.86. The van der Waals surface area contributed by atoms with E-state index in [9.17, 15) is 19.2 Å². The number of hydrogen-bond donors (Lipinski definition) is 2. The lowest BCUT2D eigenvalue weighted by molar-refractivity contribution is -0.145. The van der Waals surface area contributed by atoms with E-state index in [0.717, 1.165) is 30.7 Å². The van der Waals surface area contributed by atoms with Crippen LogP contribution in [-0.4, -0.2) is 40.2 Å². The quantitative estimate of drug-likeness (QED) is 0.521. The van der Waals surface area contributed by atoms with Crippen molar-refractivity contribution in [1.29, 1.82) is 5.26 Å². The van der Waals surface area contributed by atoms with Gasteiger partial charge in [0.25, 0.3) is 5.91 Å². The second-order valence-corrected chi connectivity index (χ2v) is 6.89. The van der Waals surface area contributed by atoms with Crippen molar-refractivity contribution in [2.24, 2.45) is 5.92 Å². The van der Waals surface area contributed by atoms with E-state index in [-0.39, 0.29) is 17.5 Å². The van der Waals surface area contributed by atoms with Crippen molar-refractivity contribution in [3.63, 3.8) is 0 Å². The van der Waals surface area contributed by atoms with Crippen LogP contribution in [0, 0.1) is 17.2 Å². The summed E-state index contributed by atoms with van der Waals surface area (Å²) in [6.07, 6.45) is 4.83. The standard InChI is InChI=1S/C20H23N3O5/c21-12-15-6-3-7-16(10-15)20(28)22-23(17(13-24)11-19(26)27)18(25)9-8-14-4-1-2-5-14/h3,6-7,10,13-14,17H,1-2,4-5,8-9,11H2,(H,22,28)(H,26,27)/t17-/m0/s1. The molecule has 1 atom stereocenters. The van der Waals surface area contributed by atoms with Gasteiger partial charge in [-0.3, -0.25) is 19.8 Å². The molecular weight excluding hydrogens is 362 g/mol. The van der Waals surface area contributed by atoms with Crippen molar-refractivity contribution in [2.75, 3.05) is 0 Å². The van der Waals surface area contributed by atoms with E-state index in [1.54, 1.807) is 0 Å². The number of nitrogens with one attached hydrogen (secondary N) is 1. The number of rotatable bonds is 8. The Labute approximate surface area is 163 Å². The van der Waals surface area contributed by atoms with Gasteiger partial charge in [0.15, 0.2) is 0 Å². The summed E-state index contributed by atoms with van der Waals surface area (Å²) in [5.41, 5.74) is 2.76. The molecule has 1 fully saturated rings. The van der Waals surface area contributed by atoms with Crippen molar-refractivity contribution in [3.8, 4) is 6.07 Å². The molecule has 1 aromatic rings. The highest BCUT2D eigenvalue weighted by Gasteiger charge is 2.28. The molecule has 0 spiro atoms. The Balaban J connectivity index is 2.14. The monoisotopic (exact) mass is 385 g/mol. The van der Waals surface area contributed by atoms with Gasteiger partial charge in [-0.1, -0.05) is 31.7 Å². The zero-order chi connectivity index (χ0) is 20.5. The molecule has 8 heteroatoms. The van der Waals surface area contributed by atoms with E-state index < -0.39 is 30.2 Å². The minimum Gasteiger partial charge on any atom is -0.481 e. The number of hydrazine groups is 1. The molecule has 2 amide bonds. The van der Waals surface area contributed by atoms with Crippen LogP contribution >= 0.6 is 0 Å². The molecule has 28 heavy (non-hydrogen) atoms. The molecule has 0 aromatic heterocycles. The van der Waals surface area contributed by atoms with E-state index in [4.69, 9.17) is 10.4 Å². The molecule has 1 aromatic carbocycles. The van der Waals surface area contributed by atoms with Gasteiger partial charge in [0.1, 0.15) is 12.3 Å². The molecule has 1 aliphatic rings. The van der Waals surface area contributed by atoms with Gasteiger partial charge in [-0.05, 0) is 30.5 Å². The fraction of sp³-hybridized carbons (Fsp3) is 0.450. The third-order valence-electron chi connectivity index (χ3n) is 4.86. The molecule has 0 radical (unpaired) electrons. The zero-order valence-electron chi connectivity index (χ0n) is 15.5. The van der Waals surface area contributed by atoms with Crippen LogP contribution in [0.15, 0.2) is 24.3 Å². The summed E-state index contributed by atoms with van der Waals surface area (Å²) in [7, 11) is 0. The average Bonchev–Trinajstić information content (AvgIpc) is 3.22. The van der Waals surface area contributed by atoms with Gasteiger partial charge in [-0.2, -0.15) is 5.26 Å². The van der Waals surface area contributed by atoms with Crippen molar-refractivity contribution in [3.05, 3.63) is 35.4 Å². The summed E-state index contributed by atoms with van der Waals surface area (Å²) in [5, 5.41) is 18.8. The largest absolute Gasteiger partial charge is 0.481 e. The van der Waals surface area contributed by atoms with Crippen LogP contribution < -0.4 is 5.43 Å². The summed E-state index contributed by atoms with van der Waals surface area (Å²) in [4.78, 5) is 47.7. The van der Waals surface area contributed by atoms with Gasteiger partial charge < -0.3 is 9.90 Å². The first-order chi connectivity index (χ1) is 13.4. The van der Waals surface area contributed by atoms with Gasteiger partial charge >= 0.3 is 5.97 Å². The molecule has 0 unspecified atom stereocenters. The van der Waals surface area contributed by atoms with Crippen LogP contribution in [0.25, 0.3) is 0 Å². The smallest absolute Gasteiger partial charge is 0.305 e. The topological polar surface area (TPSA) is 128 Å². The van der Waals surface area contributed by atoms with Crippen LogP contribution in [0.2, 0.25) is 0 Å². The molecule has 148 valence electrons. The first-order valence-corrected chi connectivity index (χ1v) is 9.25. The van der Waals surface area contributed by atoms with Crippen LogP contribution in [0.3, 0.4) is 0 Å². The lowest BCUT2D eigenvalue weighted by Crippen LogP contribution is -2.53. The number of carbonyl (C=O) groups excluding carboxylic acids is 3. The molecule has 0 saturated heterocycles.